The van der Waals surface area contributed by atoms with Gasteiger partial charge >= 0.3 is 5.97 Å². The van der Waals surface area contributed by atoms with E-state index in [1.54, 1.807) is 36.4 Å². The van der Waals surface area contributed by atoms with Gasteiger partial charge in [0.05, 0.1) is 17.7 Å². The number of nitrogens with zero attached hydrogens (tertiary/aromatic N) is 3. The number of carbonyl (C=O) groups is 1. The molecule has 0 bridgehead atoms. The molecule has 0 fully saturated rings. The van der Waals surface area contributed by atoms with E-state index in [0.717, 1.165) is 28.1 Å². The van der Waals surface area contributed by atoms with E-state index >= 15 is 0 Å². The highest BCUT2D eigenvalue weighted by molar-refractivity contribution is 6.30. The molecule has 0 saturated carbocycles. The summed E-state index contributed by atoms with van der Waals surface area (Å²) in [5.41, 5.74) is 3.27. The maximum atomic E-state index is 12.2. The van der Waals surface area contributed by atoms with E-state index in [2.05, 4.69) is 15.4 Å². The Balaban J connectivity index is 1.26. The molecule has 0 unspecified atom stereocenters. The van der Waals surface area contributed by atoms with Gasteiger partial charge in [-0.25, -0.2) is 0 Å². The van der Waals surface area contributed by atoms with Crippen LogP contribution in [0, 0.1) is 13.8 Å². The maximum absolute atomic E-state index is 12.2. The number of ether oxygens (including phenoxy) is 2. The number of esters is 1. The largest absolute Gasteiger partial charge is 0.489 e. The lowest BCUT2D eigenvalue weighted by Crippen LogP contribution is -2.08. The molecule has 2 aromatic heterocycles. The third-order valence-corrected chi connectivity index (χ3v) is 5.00. The Hall–Kier alpha value is -3.65. The molecule has 0 aliphatic carbocycles. The van der Waals surface area contributed by atoms with Gasteiger partial charge in [-0.3, -0.25) is 4.79 Å². The molecule has 2 heterocycles. The molecule has 2 aromatic carbocycles. The summed E-state index contributed by atoms with van der Waals surface area (Å²) >= 11 is 5.88. The van der Waals surface area contributed by atoms with E-state index in [1.165, 1.54) is 0 Å². The lowest BCUT2D eigenvalue weighted by molar-refractivity contribution is -0.144. The van der Waals surface area contributed by atoms with Crippen molar-refractivity contribution in [2.75, 3.05) is 0 Å². The fourth-order valence-electron chi connectivity index (χ4n) is 2.95. The van der Waals surface area contributed by atoms with E-state index in [9.17, 15) is 4.79 Å². The Bertz CT molecular complexity index is 1180. The van der Waals surface area contributed by atoms with Crippen molar-refractivity contribution in [3.8, 4) is 17.2 Å². The van der Waals surface area contributed by atoms with Crippen molar-refractivity contribution < 1.29 is 23.2 Å². The molecule has 32 heavy (non-hydrogen) atoms. The van der Waals surface area contributed by atoms with Crippen LogP contribution in [0.3, 0.4) is 0 Å². The van der Waals surface area contributed by atoms with Crippen LogP contribution < -0.4 is 4.74 Å². The highest BCUT2D eigenvalue weighted by atomic mass is 35.5. The SMILES string of the molecule is Cc1noc(C)c1COc1ccc(CC(=O)OCc2nnc(-c3ccc(Cl)cc3)o2)cc1. The summed E-state index contributed by atoms with van der Waals surface area (Å²) in [7, 11) is 0. The maximum Gasteiger partial charge on any atom is 0.310 e. The van der Waals surface area contributed by atoms with Gasteiger partial charge in [0.15, 0.2) is 6.61 Å². The standard InChI is InChI=1S/C23H20ClN3O5/c1-14-20(15(2)32-27-14)12-29-19-9-3-16(4-10-19)11-22(28)30-13-21-25-26-23(31-21)17-5-7-18(24)8-6-17/h3-10H,11-13H2,1-2H3. The van der Waals surface area contributed by atoms with Gasteiger partial charge in [0.25, 0.3) is 5.89 Å². The molecule has 8 nitrogen and oxygen atoms in total. The zero-order valence-electron chi connectivity index (χ0n) is 17.5. The van der Waals surface area contributed by atoms with Gasteiger partial charge in [-0.1, -0.05) is 28.9 Å². The quantitative estimate of drug-likeness (QED) is 0.348. The smallest absolute Gasteiger partial charge is 0.310 e. The number of aromatic nitrogens is 3. The topological polar surface area (TPSA) is 100 Å². The predicted octanol–water partition coefficient (Wildman–Crippen LogP) is 4.86. The number of carbonyl (C=O) groups excluding carboxylic acids is 1. The van der Waals surface area contributed by atoms with E-state index in [1.807, 2.05) is 26.0 Å². The van der Waals surface area contributed by atoms with Gasteiger partial charge in [-0.2, -0.15) is 0 Å². The summed E-state index contributed by atoms with van der Waals surface area (Å²) in [5.74, 6) is 1.57. The number of aryl methyl sites for hydroxylation is 2. The van der Waals surface area contributed by atoms with Crippen molar-refractivity contribution in [3.05, 3.63) is 82.0 Å². The molecule has 4 aromatic rings. The second-order valence-corrected chi connectivity index (χ2v) is 7.52. The molecule has 0 spiro atoms. The molecule has 0 N–H and O–H groups in total. The highest BCUT2D eigenvalue weighted by Gasteiger charge is 2.12. The summed E-state index contributed by atoms with van der Waals surface area (Å²) in [6.45, 7) is 3.99. The number of hydrogen-bond donors (Lipinski definition) is 0. The van der Waals surface area contributed by atoms with Crippen LogP contribution in [0.15, 0.2) is 57.5 Å². The van der Waals surface area contributed by atoms with Crippen molar-refractivity contribution in [3.63, 3.8) is 0 Å². The van der Waals surface area contributed by atoms with E-state index in [-0.39, 0.29) is 18.9 Å². The molecule has 9 heteroatoms. The Morgan fingerprint density at radius 3 is 2.44 bits per heavy atom. The average Bonchev–Trinajstić information content (AvgIpc) is 3.39. The lowest BCUT2D eigenvalue weighted by atomic mass is 10.1. The van der Waals surface area contributed by atoms with Crippen LogP contribution in [-0.4, -0.2) is 21.3 Å². The number of hydrogen-bond acceptors (Lipinski definition) is 8. The van der Waals surface area contributed by atoms with Crippen LogP contribution >= 0.6 is 11.6 Å². The van der Waals surface area contributed by atoms with Crippen LogP contribution in [0.2, 0.25) is 5.02 Å². The fourth-order valence-corrected chi connectivity index (χ4v) is 3.07. The molecular weight excluding hydrogens is 434 g/mol. The molecular formula is C23H20ClN3O5. The average molecular weight is 454 g/mol. The second kappa shape index (κ2) is 9.65. The minimum absolute atomic E-state index is 0.0992. The van der Waals surface area contributed by atoms with Crippen LogP contribution in [0.5, 0.6) is 5.75 Å². The predicted molar refractivity (Wildman–Crippen MR) is 115 cm³/mol. The van der Waals surface area contributed by atoms with Gasteiger partial charge in [0.2, 0.25) is 5.89 Å². The van der Waals surface area contributed by atoms with Gasteiger partial charge in [-0.05, 0) is 55.8 Å². The zero-order chi connectivity index (χ0) is 22.5. The van der Waals surface area contributed by atoms with Crippen LogP contribution in [0.1, 0.15) is 28.5 Å². The van der Waals surface area contributed by atoms with Crippen molar-refractivity contribution in [1.82, 2.24) is 15.4 Å². The summed E-state index contributed by atoms with van der Waals surface area (Å²) in [4.78, 5) is 12.2. The van der Waals surface area contributed by atoms with Gasteiger partial charge in [-0.15, -0.1) is 10.2 Å². The summed E-state index contributed by atoms with van der Waals surface area (Å²) < 4.78 is 21.7. The minimum Gasteiger partial charge on any atom is -0.489 e. The Kier molecular flexibility index (Phi) is 6.51. The number of rotatable bonds is 8. The molecule has 0 radical (unpaired) electrons. The summed E-state index contributed by atoms with van der Waals surface area (Å²) in [5, 5.41) is 12.4. The molecule has 0 saturated heterocycles. The van der Waals surface area contributed by atoms with Crippen molar-refractivity contribution >= 4 is 17.6 Å². The fraction of sp³-hybridized carbons (Fsp3) is 0.217. The summed E-state index contributed by atoms with van der Waals surface area (Å²) in [6.07, 6.45) is 0.113. The van der Waals surface area contributed by atoms with Crippen LogP contribution in [-0.2, 0) is 29.2 Å². The monoisotopic (exact) mass is 453 g/mol. The van der Waals surface area contributed by atoms with Gasteiger partial charge in [0, 0.05) is 10.6 Å². The van der Waals surface area contributed by atoms with Crippen molar-refractivity contribution in [1.29, 1.82) is 0 Å². The Morgan fingerprint density at radius 1 is 1.00 bits per heavy atom. The lowest BCUT2D eigenvalue weighted by Gasteiger charge is -2.07. The molecule has 0 amide bonds. The zero-order valence-corrected chi connectivity index (χ0v) is 18.3. The van der Waals surface area contributed by atoms with E-state index in [0.29, 0.717) is 23.3 Å². The molecule has 0 aliphatic rings. The van der Waals surface area contributed by atoms with E-state index < -0.39 is 5.97 Å². The van der Waals surface area contributed by atoms with Crippen LogP contribution in [0.25, 0.3) is 11.5 Å². The Labute approximate surface area is 189 Å². The second-order valence-electron chi connectivity index (χ2n) is 7.08. The van der Waals surface area contributed by atoms with Crippen molar-refractivity contribution in [2.45, 2.75) is 33.5 Å². The summed E-state index contributed by atoms with van der Waals surface area (Å²) in [6, 6.07) is 14.2. The minimum atomic E-state index is -0.402. The van der Waals surface area contributed by atoms with Crippen LogP contribution in [0.4, 0.5) is 0 Å². The molecule has 0 aliphatic heterocycles. The molecule has 4 rings (SSSR count). The third kappa shape index (κ3) is 5.33. The first kappa shape index (κ1) is 21.6. The molecule has 0 atom stereocenters. The molecule has 164 valence electrons. The van der Waals surface area contributed by atoms with Gasteiger partial charge in [0.1, 0.15) is 18.1 Å². The third-order valence-electron chi connectivity index (χ3n) is 4.75. The number of benzene rings is 2. The first-order valence-electron chi connectivity index (χ1n) is 9.85. The highest BCUT2D eigenvalue weighted by Crippen LogP contribution is 2.21. The number of halogens is 1. The first-order valence-corrected chi connectivity index (χ1v) is 10.2. The Morgan fingerprint density at radius 2 is 1.75 bits per heavy atom. The van der Waals surface area contributed by atoms with E-state index in [4.69, 9.17) is 30.0 Å². The first-order chi connectivity index (χ1) is 15.5. The normalized spacial score (nSPS) is 10.8. The van der Waals surface area contributed by atoms with Gasteiger partial charge < -0.3 is 18.4 Å². The van der Waals surface area contributed by atoms with Crippen molar-refractivity contribution in [2.24, 2.45) is 0 Å².